The Morgan fingerprint density at radius 2 is 2.05 bits per heavy atom. The molecule has 21 heavy (non-hydrogen) atoms. The molecule has 0 saturated carbocycles. The van der Waals surface area contributed by atoms with E-state index in [0.29, 0.717) is 11.3 Å². The highest BCUT2D eigenvalue weighted by atomic mass is 16.4. The van der Waals surface area contributed by atoms with E-state index in [2.05, 4.69) is 10.4 Å². The number of carboxylic acids is 1. The molecule has 2 aromatic rings. The summed E-state index contributed by atoms with van der Waals surface area (Å²) in [4.78, 5) is 22.9. The van der Waals surface area contributed by atoms with Gasteiger partial charge in [-0.3, -0.25) is 14.3 Å². The summed E-state index contributed by atoms with van der Waals surface area (Å²) < 4.78 is 1.22. The molecule has 1 aromatic carbocycles. The summed E-state index contributed by atoms with van der Waals surface area (Å²) in [6.07, 6.45) is 2.81. The van der Waals surface area contributed by atoms with E-state index in [-0.39, 0.29) is 6.54 Å². The number of carbonyl (C=O) groups is 2. The van der Waals surface area contributed by atoms with Gasteiger partial charge in [0.25, 0.3) is 0 Å². The first kappa shape index (κ1) is 14.7. The molecule has 0 radical (unpaired) electrons. The number of hydrogen-bond acceptors (Lipinski definition) is 4. The number of amides is 1. The summed E-state index contributed by atoms with van der Waals surface area (Å²) in [5.74, 6) is -1.41. The van der Waals surface area contributed by atoms with Crippen LogP contribution in [-0.4, -0.2) is 26.8 Å². The quantitative estimate of drug-likeness (QED) is 0.753. The van der Waals surface area contributed by atoms with Crippen molar-refractivity contribution in [3.05, 3.63) is 48.3 Å². The Hall–Kier alpha value is -2.67. The number of nitrogens with two attached hydrogens (primary N) is 1. The van der Waals surface area contributed by atoms with Crippen LogP contribution < -0.4 is 11.1 Å². The highest BCUT2D eigenvalue weighted by Crippen LogP contribution is 2.19. The SMILES string of the molecule is CC(N)(C(=O)Nc1cnn(CC(=O)O)c1)c1ccccc1. The van der Waals surface area contributed by atoms with E-state index < -0.39 is 17.4 Å². The van der Waals surface area contributed by atoms with Gasteiger partial charge in [0.1, 0.15) is 12.1 Å². The molecule has 0 aliphatic carbocycles. The first-order valence-electron chi connectivity index (χ1n) is 6.29. The molecular weight excluding hydrogens is 272 g/mol. The molecule has 1 aromatic heterocycles. The van der Waals surface area contributed by atoms with E-state index in [9.17, 15) is 9.59 Å². The number of benzene rings is 1. The molecule has 110 valence electrons. The highest BCUT2D eigenvalue weighted by Gasteiger charge is 2.30. The minimum atomic E-state index is -1.20. The Labute approximate surface area is 121 Å². The largest absolute Gasteiger partial charge is 0.480 e. The lowest BCUT2D eigenvalue weighted by atomic mass is 9.92. The Morgan fingerprint density at radius 3 is 2.67 bits per heavy atom. The molecule has 7 heteroatoms. The van der Waals surface area contributed by atoms with Crippen molar-refractivity contribution in [3.8, 4) is 0 Å². The van der Waals surface area contributed by atoms with E-state index in [1.165, 1.54) is 17.1 Å². The van der Waals surface area contributed by atoms with E-state index in [1.54, 1.807) is 31.2 Å². The lowest BCUT2D eigenvalue weighted by Gasteiger charge is -2.23. The topological polar surface area (TPSA) is 110 Å². The van der Waals surface area contributed by atoms with Crippen LogP contribution in [0.5, 0.6) is 0 Å². The predicted octanol–water partition coefficient (Wildman–Crippen LogP) is 0.780. The summed E-state index contributed by atoms with van der Waals surface area (Å²) in [6.45, 7) is 1.34. The number of carboxylic acid groups (broad SMARTS) is 1. The molecule has 1 amide bonds. The van der Waals surface area contributed by atoms with Crippen LogP contribution in [0.2, 0.25) is 0 Å². The van der Waals surface area contributed by atoms with Gasteiger partial charge in [-0.25, -0.2) is 0 Å². The number of aromatic nitrogens is 2. The van der Waals surface area contributed by atoms with E-state index in [0.717, 1.165) is 0 Å². The zero-order valence-electron chi connectivity index (χ0n) is 11.5. The van der Waals surface area contributed by atoms with Gasteiger partial charge in [-0.1, -0.05) is 30.3 Å². The van der Waals surface area contributed by atoms with Crippen molar-refractivity contribution in [2.24, 2.45) is 5.73 Å². The molecule has 1 heterocycles. The van der Waals surface area contributed by atoms with Crippen molar-refractivity contribution >= 4 is 17.6 Å². The van der Waals surface area contributed by atoms with Crippen LogP contribution in [0.25, 0.3) is 0 Å². The van der Waals surface area contributed by atoms with Crippen molar-refractivity contribution in [1.29, 1.82) is 0 Å². The lowest BCUT2D eigenvalue weighted by Crippen LogP contribution is -2.45. The summed E-state index contributed by atoms with van der Waals surface area (Å²) in [7, 11) is 0. The zero-order chi connectivity index (χ0) is 15.5. The molecule has 2 rings (SSSR count). The van der Waals surface area contributed by atoms with Crippen LogP contribution in [0.15, 0.2) is 42.7 Å². The fraction of sp³-hybridized carbons (Fsp3) is 0.214. The van der Waals surface area contributed by atoms with Crippen LogP contribution in [0.3, 0.4) is 0 Å². The van der Waals surface area contributed by atoms with Gasteiger partial charge in [-0.15, -0.1) is 0 Å². The Morgan fingerprint density at radius 1 is 1.38 bits per heavy atom. The van der Waals surface area contributed by atoms with Gasteiger partial charge < -0.3 is 16.2 Å². The normalized spacial score (nSPS) is 13.4. The monoisotopic (exact) mass is 288 g/mol. The number of nitrogens with zero attached hydrogens (tertiary/aromatic N) is 2. The van der Waals surface area contributed by atoms with Crippen molar-refractivity contribution in [2.75, 3.05) is 5.32 Å². The van der Waals surface area contributed by atoms with Crippen molar-refractivity contribution in [3.63, 3.8) is 0 Å². The molecule has 0 fully saturated rings. The summed E-state index contributed by atoms with van der Waals surface area (Å²) in [5, 5.41) is 15.1. The van der Waals surface area contributed by atoms with Crippen molar-refractivity contribution in [2.45, 2.75) is 19.0 Å². The van der Waals surface area contributed by atoms with E-state index >= 15 is 0 Å². The second kappa shape index (κ2) is 5.76. The van der Waals surface area contributed by atoms with Crippen LogP contribution in [-0.2, 0) is 21.7 Å². The van der Waals surface area contributed by atoms with Crippen LogP contribution in [0.4, 0.5) is 5.69 Å². The predicted molar refractivity (Wildman–Crippen MR) is 76.5 cm³/mol. The standard InChI is InChI=1S/C14H16N4O3/c1-14(15,10-5-3-2-4-6-10)13(21)17-11-7-16-18(8-11)9-12(19)20/h2-8H,9,15H2,1H3,(H,17,21)(H,19,20). The Bertz CT molecular complexity index is 649. The van der Waals surface area contributed by atoms with Gasteiger partial charge in [0.05, 0.1) is 11.9 Å². The fourth-order valence-corrected chi connectivity index (χ4v) is 1.83. The van der Waals surface area contributed by atoms with Crippen LogP contribution in [0.1, 0.15) is 12.5 Å². The first-order chi connectivity index (χ1) is 9.89. The Balaban J connectivity index is 2.10. The molecule has 0 aliphatic rings. The first-order valence-corrected chi connectivity index (χ1v) is 6.29. The van der Waals surface area contributed by atoms with Crippen molar-refractivity contribution in [1.82, 2.24) is 9.78 Å². The van der Waals surface area contributed by atoms with E-state index in [4.69, 9.17) is 10.8 Å². The highest BCUT2D eigenvalue weighted by molar-refractivity contribution is 5.98. The second-order valence-electron chi connectivity index (χ2n) is 4.84. The average Bonchev–Trinajstić information content (AvgIpc) is 2.86. The summed E-state index contributed by atoms with van der Waals surface area (Å²) in [5.41, 5.74) is 5.96. The fourth-order valence-electron chi connectivity index (χ4n) is 1.83. The number of aliphatic carboxylic acids is 1. The minimum absolute atomic E-state index is 0.269. The molecule has 0 bridgehead atoms. The number of anilines is 1. The lowest BCUT2D eigenvalue weighted by molar-refractivity contribution is -0.137. The number of nitrogens with one attached hydrogen (secondary N) is 1. The Kier molecular flexibility index (Phi) is 4.04. The third-order valence-corrected chi connectivity index (χ3v) is 3.03. The molecule has 1 unspecified atom stereocenters. The number of rotatable bonds is 5. The summed E-state index contributed by atoms with van der Waals surface area (Å²) >= 11 is 0. The maximum atomic E-state index is 12.3. The maximum Gasteiger partial charge on any atom is 0.325 e. The van der Waals surface area contributed by atoms with Crippen LogP contribution in [0, 0.1) is 0 Å². The average molecular weight is 288 g/mol. The van der Waals surface area contributed by atoms with Gasteiger partial charge in [-0.05, 0) is 12.5 Å². The molecule has 1 atom stereocenters. The van der Waals surface area contributed by atoms with Gasteiger partial charge in [0.15, 0.2) is 0 Å². The maximum absolute atomic E-state index is 12.3. The molecule has 4 N–H and O–H groups in total. The van der Waals surface area contributed by atoms with Gasteiger partial charge in [0.2, 0.25) is 5.91 Å². The van der Waals surface area contributed by atoms with E-state index in [1.807, 2.05) is 6.07 Å². The molecular formula is C14H16N4O3. The molecule has 7 nitrogen and oxygen atoms in total. The molecule has 0 saturated heterocycles. The van der Waals surface area contributed by atoms with Gasteiger partial charge in [-0.2, -0.15) is 5.10 Å². The smallest absolute Gasteiger partial charge is 0.325 e. The number of hydrogen-bond donors (Lipinski definition) is 3. The summed E-state index contributed by atoms with van der Waals surface area (Å²) in [6, 6.07) is 8.99. The third-order valence-electron chi connectivity index (χ3n) is 3.03. The molecule has 0 aliphatic heterocycles. The number of carbonyl (C=O) groups excluding carboxylic acids is 1. The van der Waals surface area contributed by atoms with Crippen LogP contribution >= 0.6 is 0 Å². The third kappa shape index (κ3) is 3.46. The van der Waals surface area contributed by atoms with Gasteiger partial charge >= 0.3 is 5.97 Å². The van der Waals surface area contributed by atoms with Gasteiger partial charge in [0, 0.05) is 6.20 Å². The second-order valence-corrected chi connectivity index (χ2v) is 4.84. The van der Waals surface area contributed by atoms with Crippen molar-refractivity contribution < 1.29 is 14.7 Å². The zero-order valence-corrected chi connectivity index (χ0v) is 11.5. The molecule has 0 spiro atoms. The minimum Gasteiger partial charge on any atom is -0.480 e.